The summed E-state index contributed by atoms with van der Waals surface area (Å²) < 4.78 is 5.24. The third kappa shape index (κ3) is 4.32. The summed E-state index contributed by atoms with van der Waals surface area (Å²) in [6.45, 7) is 0. The third-order valence-electron chi connectivity index (χ3n) is 4.38. The van der Waals surface area contributed by atoms with Gasteiger partial charge in [-0.1, -0.05) is 17.3 Å². The summed E-state index contributed by atoms with van der Waals surface area (Å²) in [7, 11) is 3.89. The summed E-state index contributed by atoms with van der Waals surface area (Å²) in [5.74, 6) is 0.486. The van der Waals surface area contributed by atoms with Crippen LogP contribution < -0.4 is 15.5 Å². The van der Waals surface area contributed by atoms with Gasteiger partial charge in [0.2, 0.25) is 5.91 Å². The molecule has 0 saturated heterocycles. The molecule has 8 heteroatoms. The lowest BCUT2D eigenvalue weighted by atomic mass is 10.1. The van der Waals surface area contributed by atoms with Crippen molar-refractivity contribution in [3.63, 3.8) is 0 Å². The molecule has 0 aliphatic heterocycles. The Kier molecular flexibility index (Phi) is 5.07. The number of carbonyl (C=O) groups excluding carboxylic acids is 1. The predicted molar refractivity (Wildman–Crippen MR) is 112 cm³/mol. The van der Waals surface area contributed by atoms with E-state index in [2.05, 4.69) is 26.0 Å². The predicted octanol–water partition coefficient (Wildman–Crippen LogP) is 3.61. The van der Waals surface area contributed by atoms with Gasteiger partial charge < -0.3 is 20.1 Å². The minimum absolute atomic E-state index is 0.143. The molecule has 0 radical (unpaired) electrons. The van der Waals surface area contributed by atoms with Crippen molar-refractivity contribution in [3.8, 4) is 0 Å². The van der Waals surface area contributed by atoms with Crippen LogP contribution in [0.1, 0.15) is 5.69 Å². The molecule has 0 fully saturated rings. The highest BCUT2D eigenvalue weighted by Crippen LogP contribution is 2.21. The number of aromatic nitrogens is 3. The number of hydrogen-bond acceptors (Lipinski definition) is 7. The van der Waals surface area contributed by atoms with Crippen molar-refractivity contribution in [1.82, 2.24) is 15.4 Å². The van der Waals surface area contributed by atoms with Gasteiger partial charge in [-0.05, 0) is 36.4 Å². The van der Waals surface area contributed by atoms with E-state index in [4.69, 9.17) is 4.52 Å². The largest absolute Gasteiger partial charge is 0.376 e. The van der Waals surface area contributed by atoms with Crippen LogP contribution in [0.4, 0.5) is 22.9 Å². The van der Waals surface area contributed by atoms with Crippen LogP contribution >= 0.6 is 0 Å². The first kappa shape index (κ1) is 18.4. The maximum Gasteiger partial charge on any atom is 0.230 e. The first-order valence-electron chi connectivity index (χ1n) is 9.09. The molecule has 1 amide bonds. The number of rotatable bonds is 6. The van der Waals surface area contributed by atoms with Gasteiger partial charge >= 0.3 is 0 Å². The number of benzene rings is 2. The Bertz CT molecular complexity index is 1140. The molecule has 0 aliphatic carbocycles. The molecule has 8 nitrogen and oxygen atoms in total. The smallest absolute Gasteiger partial charge is 0.230 e. The Hall–Kier alpha value is -3.94. The number of para-hydroxylation sites is 1. The summed E-state index contributed by atoms with van der Waals surface area (Å²) in [6, 6.07) is 16.8. The van der Waals surface area contributed by atoms with E-state index in [0.29, 0.717) is 22.8 Å². The Balaban J connectivity index is 1.39. The molecular formula is C21H20N6O2. The molecule has 0 saturated carbocycles. The van der Waals surface area contributed by atoms with E-state index >= 15 is 0 Å². The first-order chi connectivity index (χ1) is 14.1. The number of nitrogens with zero attached hydrogens (tertiary/aromatic N) is 4. The van der Waals surface area contributed by atoms with Gasteiger partial charge in [0.1, 0.15) is 5.69 Å². The zero-order valence-corrected chi connectivity index (χ0v) is 16.1. The van der Waals surface area contributed by atoms with E-state index < -0.39 is 0 Å². The van der Waals surface area contributed by atoms with Crippen molar-refractivity contribution in [2.45, 2.75) is 6.42 Å². The lowest BCUT2D eigenvalue weighted by molar-refractivity contribution is -0.115. The molecule has 0 aliphatic rings. The highest BCUT2D eigenvalue weighted by molar-refractivity contribution is 5.94. The number of carbonyl (C=O) groups is 1. The Morgan fingerprint density at radius 2 is 1.83 bits per heavy atom. The number of anilines is 4. The van der Waals surface area contributed by atoms with Crippen molar-refractivity contribution >= 4 is 39.8 Å². The molecule has 0 unspecified atom stereocenters. The van der Waals surface area contributed by atoms with Crippen molar-refractivity contribution < 1.29 is 9.32 Å². The Morgan fingerprint density at radius 1 is 1.07 bits per heavy atom. The molecule has 4 rings (SSSR count). The van der Waals surface area contributed by atoms with Crippen molar-refractivity contribution in [2.75, 3.05) is 29.6 Å². The van der Waals surface area contributed by atoms with E-state index in [1.54, 1.807) is 6.20 Å². The molecule has 146 valence electrons. The molecule has 2 aromatic heterocycles. The maximum absolute atomic E-state index is 12.4. The molecule has 0 atom stereocenters. The third-order valence-corrected chi connectivity index (χ3v) is 4.38. The van der Waals surface area contributed by atoms with Gasteiger partial charge in [0.15, 0.2) is 11.4 Å². The summed E-state index contributed by atoms with van der Waals surface area (Å²) >= 11 is 0. The van der Waals surface area contributed by atoms with Crippen LogP contribution in [-0.2, 0) is 11.2 Å². The second-order valence-electron chi connectivity index (χ2n) is 6.75. The molecule has 4 aromatic rings. The van der Waals surface area contributed by atoms with Gasteiger partial charge in [-0.2, -0.15) is 5.10 Å². The molecule has 29 heavy (non-hydrogen) atoms. The van der Waals surface area contributed by atoms with Crippen LogP contribution in [0.3, 0.4) is 0 Å². The maximum atomic E-state index is 12.4. The average molecular weight is 388 g/mol. The SMILES string of the molecule is CN(C)c1cnnc(Nc2ccc(NC(=O)Cc3noc4ccccc34)cc2)c1. The molecule has 0 spiro atoms. The Labute approximate surface area is 167 Å². The molecule has 2 aromatic carbocycles. The van der Waals surface area contributed by atoms with Gasteiger partial charge in [-0.15, -0.1) is 5.10 Å². The van der Waals surface area contributed by atoms with E-state index in [-0.39, 0.29) is 12.3 Å². The minimum Gasteiger partial charge on any atom is -0.376 e. The minimum atomic E-state index is -0.158. The monoisotopic (exact) mass is 388 g/mol. The second-order valence-corrected chi connectivity index (χ2v) is 6.75. The highest BCUT2D eigenvalue weighted by atomic mass is 16.5. The molecule has 0 bridgehead atoms. The van der Waals surface area contributed by atoms with E-state index in [9.17, 15) is 4.79 Å². The van der Waals surface area contributed by atoms with E-state index in [1.165, 1.54) is 0 Å². The fraction of sp³-hybridized carbons (Fsp3) is 0.143. The lowest BCUT2D eigenvalue weighted by Crippen LogP contribution is -2.14. The summed E-state index contributed by atoms with van der Waals surface area (Å²) in [5, 5.41) is 19.0. The van der Waals surface area contributed by atoms with Crippen LogP contribution in [0, 0.1) is 0 Å². The summed E-state index contributed by atoms with van der Waals surface area (Å²) in [4.78, 5) is 14.3. The van der Waals surface area contributed by atoms with Gasteiger partial charge in [0, 0.05) is 36.9 Å². The number of nitrogens with one attached hydrogen (secondary N) is 2. The average Bonchev–Trinajstić information content (AvgIpc) is 3.12. The molecule has 2 N–H and O–H groups in total. The molecule has 2 heterocycles. The van der Waals surface area contributed by atoms with Crippen LogP contribution in [0.15, 0.2) is 65.3 Å². The summed E-state index contributed by atoms with van der Waals surface area (Å²) in [5.41, 5.74) is 3.78. The van der Waals surface area contributed by atoms with Gasteiger partial charge in [0.05, 0.1) is 18.3 Å². The van der Waals surface area contributed by atoms with Crippen molar-refractivity contribution in [3.05, 3.63) is 66.5 Å². The van der Waals surface area contributed by atoms with Gasteiger partial charge in [-0.3, -0.25) is 4.79 Å². The highest BCUT2D eigenvalue weighted by Gasteiger charge is 2.12. The van der Waals surface area contributed by atoms with Crippen LogP contribution in [0.5, 0.6) is 0 Å². The first-order valence-corrected chi connectivity index (χ1v) is 9.09. The normalized spacial score (nSPS) is 10.7. The number of fused-ring (bicyclic) bond motifs is 1. The van der Waals surface area contributed by atoms with Gasteiger partial charge in [-0.25, -0.2) is 0 Å². The van der Waals surface area contributed by atoms with Crippen LogP contribution in [-0.4, -0.2) is 35.4 Å². The Morgan fingerprint density at radius 3 is 2.62 bits per heavy atom. The zero-order chi connectivity index (χ0) is 20.2. The second kappa shape index (κ2) is 7.97. The van der Waals surface area contributed by atoms with Crippen LogP contribution in [0.2, 0.25) is 0 Å². The number of hydrogen-bond donors (Lipinski definition) is 2. The summed E-state index contributed by atoms with van der Waals surface area (Å²) in [6.07, 6.45) is 1.84. The van der Waals surface area contributed by atoms with E-state index in [1.807, 2.05) is 73.6 Å². The number of amides is 1. The van der Waals surface area contributed by atoms with Crippen molar-refractivity contribution in [2.24, 2.45) is 0 Å². The topological polar surface area (TPSA) is 96.2 Å². The van der Waals surface area contributed by atoms with Gasteiger partial charge in [0.25, 0.3) is 0 Å². The van der Waals surface area contributed by atoms with E-state index in [0.717, 1.165) is 16.8 Å². The zero-order valence-electron chi connectivity index (χ0n) is 16.1. The van der Waals surface area contributed by atoms with Crippen molar-refractivity contribution in [1.29, 1.82) is 0 Å². The fourth-order valence-corrected chi connectivity index (χ4v) is 2.87. The lowest BCUT2D eigenvalue weighted by Gasteiger charge is -2.13. The fourth-order valence-electron chi connectivity index (χ4n) is 2.87. The standard InChI is InChI=1S/C21H20N6O2/c1-27(2)16-11-20(25-22-13-16)23-14-7-9-15(10-8-14)24-21(28)12-18-17-5-3-4-6-19(17)29-26-18/h3-11,13H,12H2,1-2H3,(H,23,25)(H,24,28). The molecular weight excluding hydrogens is 368 g/mol. The van der Waals surface area contributed by atoms with Crippen LogP contribution in [0.25, 0.3) is 11.0 Å². The quantitative estimate of drug-likeness (QED) is 0.521.